The van der Waals surface area contributed by atoms with Gasteiger partial charge in [-0.25, -0.2) is 4.79 Å². The fourth-order valence-corrected chi connectivity index (χ4v) is 4.20. The molecule has 0 aromatic heterocycles. The Balaban J connectivity index is 1.43. The fraction of sp³-hybridized carbons (Fsp3) is 0.273. The standard InChI is InChI=1S/C22H21ClN4O4/c1-22(16-5-2-3-6-17(16)23)20(30)27(21(31)25-22)13-18(28)24-14-8-10-15(11-9-14)26-12-4-7-19(26)29/h2-3,5-6,8-11H,4,7,12-13H2,1H3,(H,24,28)(H,25,31)/t22-/m0/s1. The lowest BCUT2D eigenvalue weighted by Gasteiger charge is -2.23. The molecule has 160 valence electrons. The van der Waals surface area contributed by atoms with E-state index in [1.807, 2.05) is 0 Å². The van der Waals surface area contributed by atoms with Crippen LogP contribution in [0.15, 0.2) is 48.5 Å². The van der Waals surface area contributed by atoms with Crippen molar-refractivity contribution in [1.29, 1.82) is 0 Å². The quantitative estimate of drug-likeness (QED) is 0.698. The number of carbonyl (C=O) groups excluding carboxylic acids is 4. The molecule has 0 spiro atoms. The predicted molar refractivity (Wildman–Crippen MR) is 116 cm³/mol. The van der Waals surface area contributed by atoms with Gasteiger partial charge in [-0.1, -0.05) is 29.8 Å². The molecular formula is C22H21ClN4O4. The molecule has 31 heavy (non-hydrogen) atoms. The molecule has 5 amide bonds. The van der Waals surface area contributed by atoms with Crippen molar-refractivity contribution in [2.75, 3.05) is 23.3 Å². The van der Waals surface area contributed by atoms with Crippen LogP contribution in [0.2, 0.25) is 5.02 Å². The molecule has 2 heterocycles. The van der Waals surface area contributed by atoms with E-state index in [0.717, 1.165) is 17.0 Å². The second kappa shape index (κ2) is 8.03. The van der Waals surface area contributed by atoms with Gasteiger partial charge >= 0.3 is 6.03 Å². The van der Waals surface area contributed by atoms with Gasteiger partial charge in [0.15, 0.2) is 0 Å². The Labute approximate surface area is 184 Å². The number of halogens is 1. The van der Waals surface area contributed by atoms with Gasteiger partial charge in [0.1, 0.15) is 12.1 Å². The van der Waals surface area contributed by atoms with E-state index in [1.54, 1.807) is 60.4 Å². The van der Waals surface area contributed by atoms with Crippen LogP contribution in [0.4, 0.5) is 16.2 Å². The smallest absolute Gasteiger partial charge is 0.325 e. The van der Waals surface area contributed by atoms with Gasteiger partial charge in [-0.15, -0.1) is 0 Å². The van der Waals surface area contributed by atoms with E-state index in [0.29, 0.717) is 29.2 Å². The molecule has 0 aliphatic carbocycles. The van der Waals surface area contributed by atoms with Crippen LogP contribution in [-0.4, -0.2) is 41.7 Å². The summed E-state index contributed by atoms with van der Waals surface area (Å²) in [6, 6.07) is 12.9. The number of amides is 5. The lowest BCUT2D eigenvalue weighted by atomic mass is 9.92. The van der Waals surface area contributed by atoms with Crippen molar-refractivity contribution in [3.8, 4) is 0 Å². The third-order valence-corrected chi connectivity index (χ3v) is 5.85. The van der Waals surface area contributed by atoms with Gasteiger partial charge in [-0.2, -0.15) is 0 Å². The summed E-state index contributed by atoms with van der Waals surface area (Å²) in [6.45, 7) is 1.81. The first-order valence-corrected chi connectivity index (χ1v) is 10.3. The van der Waals surface area contributed by atoms with E-state index in [9.17, 15) is 19.2 Å². The average Bonchev–Trinajstić information content (AvgIpc) is 3.26. The molecule has 0 unspecified atom stereocenters. The second-order valence-corrected chi connectivity index (χ2v) is 8.08. The van der Waals surface area contributed by atoms with Crippen LogP contribution in [0.25, 0.3) is 0 Å². The molecule has 0 saturated carbocycles. The molecule has 2 N–H and O–H groups in total. The molecule has 2 aromatic carbocycles. The minimum atomic E-state index is -1.35. The summed E-state index contributed by atoms with van der Waals surface area (Å²) in [5, 5.41) is 5.66. The summed E-state index contributed by atoms with van der Waals surface area (Å²) >= 11 is 6.21. The van der Waals surface area contributed by atoms with Crippen LogP contribution >= 0.6 is 11.6 Å². The van der Waals surface area contributed by atoms with Gasteiger partial charge < -0.3 is 15.5 Å². The maximum atomic E-state index is 13.0. The van der Waals surface area contributed by atoms with Crippen LogP contribution in [0.3, 0.4) is 0 Å². The molecule has 2 aliphatic heterocycles. The van der Waals surface area contributed by atoms with Crippen LogP contribution in [0.5, 0.6) is 0 Å². The monoisotopic (exact) mass is 440 g/mol. The molecule has 2 fully saturated rings. The second-order valence-electron chi connectivity index (χ2n) is 7.67. The molecule has 2 aliphatic rings. The van der Waals surface area contributed by atoms with E-state index in [4.69, 9.17) is 11.6 Å². The summed E-state index contributed by atoms with van der Waals surface area (Å²) in [7, 11) is 0. The molecule has 8 nitrogen and oxygen atoms in total. The Morgan fingerprint density at radius 2 is 1.84 bits per heavy atom. The lowest BCUT2D eigenvalue weighted by molar-refractivity contribution is -0.133. The highest BCUT2D eigenvalue weighted by Crippen LogP contribution is 2.33. The first-order valence-electron chi connectivity index (χ1n) is 9.89. The highest BCUT2D eigenvalue weighted by atomic mass is 35.5. The maximum absolute atomic E-state index is 13.0. The Bertz CT molecular complexity index is 1070. The number of benzene rings is 2. The van der Waals surface area contributed by atoms with Crippen molar-refractivity contribution in [3.63, 3.8) is 0 Å². The summed E-state index contributed by atoms with van der Waals surface area (Å²) in [4.78, 5) is 52.3. The maximum Gasteiger partial charge on any atom is 0.325 e. The van der Waals surface area contributed by atoms with Gasteiger partial charge in [-0.05, 0) is 43.7 Å². The predicted octanol–water partition coefficient (Wildman–Crippen LogP) is 2.87. The highest BCUT2D eigenvalue weighted by Gasteiger charge is 2.50. The average molecular weight is 441 g/mol. The van der Waals surface area contributed by atoms with Gasteiger partial charge in [0.05, 0.1) is 0 Å². The molecule has 0 bridgehead atoms. The van der Waals surface area contributed by atoms with E-state index < -0.39 is 29.9 Å². The normalized spacial score (nSPS) is 20.9. The van der Waals surface area contributed by atoms with E-state index in [2.05, 4.69) is 10.6 Å². The summed E-state index contributed by atoms with van der Waals surface area (Å²) in [5.74, 6) is -0.988. The molecule has 1 atom stereocenters. The largest absolute Gasteiger partial charge is 0.325 e. The molecule has 4 rings (SSSR count). The Kier molecular flexibility index (Phi) is 5.41. The minimum absolute atomic E-state index is 0.0805. The van der Waals surface area contributed by atoms with E-state index in [-0.39, 0.29) is 5.91 Å². The minimum Gasteiger partial charge on any atom is -0.325 e. The van der Waals surface area contributed by atoms with Crippen molar-refractivity contribution in [2.24, 2.45) is 0 Å². The number of hydrogen-bond donors (Lipinski definition) is 2. The number of anilines is 2. The number of hydrogen-bond acceptors (Lipinski definition) is 4. The number of rotatable bonds is 5. The first-order chi connectivity index (χ1) is 14.8. The highest BCUT2D eigenvalue weighted by molar-refractivity contribution is 6.32. The zero-order valence-electron chi connectivity index (χ0n) is 16.9. The topological polar surface area (TPSA) is 98.8 Å². The molecule has 2 saturated heterocycles. The molecular weight excluding hydrogens is 420 g/mol. The lowest BCUT2D eigenvalue weighted by Crippen LogP contribution is -2.42. The fourth-order valence-electron chi connectivity index (χ4n) is 3.88. The third-order valence-electron chi connectivity index (χ3n) is 5.53. The molecule has 9 heteroatoms. The molecule has 2 aromatic rings. The van der Waals surface area contributed by atoms with Crippen LogP contribution in [0, 0.1) is 0 Å². The number of imide groups is 1. The van der Waals surface area contributed by atoms with Gasteiger partial charge in [0, 0.05) is 34.9 Å². The van der Waals surface area contributed by atoms with Gasteiger partial charge in [-0.3, -0.25) is 19.3 Å². The summed E-state index contributed by atoms with van der Waals surface area (Å²) < 4.78 is 0. The van der Waals surface area contributed by atoms with Gasteiger partial charge in [0.25, 0.3) is 5.91 Å². The van der Waals surface area contributed by atoms with E-state index >= 15 is 0 Å². The van der Waals surface area contributed by atoms with Crippen molar-refractivity contribution >= 4 is 46.7 Å². The number of nitrogens with one attached hydrogen (secondary N) is 2. The number of nitrogens with zero attached hydrogens (tertiary/aromatic N) is 2. The zero-order chi connectivity index (χ0) is 22.2. The summed E-state index contributed by atoms with van der Waals surface area (Å²) in [5.41, 5.74) is 0.385. The van der Waals surface area contributed by atoms with E-state index in [1.165, 1.54) is 0 Å². The molecule has 0 radical (unpaired) electrons. The Morgan fingerprint density at radius 3 is 2.48 bits per heavy atom. The zero-order valence-corrected chi connectivity index (χ0v) is 17.6. The van der Waals surface area contributed by atoms with Crippen molar-refractivity contribution < 1.29 is 19.2 Å². The van der Waals surface area contributed by atoms with Crippen molar-refractivity contribution in [1.82, 2.24) is 10.2 Å². The van der Waals surface area contributed by atoms with Crippen LogP contribution < -0.4 is 15.5 Å². The summed E-state index contributed by atoms with van der Waals surface area (Å²) in [6.07, 6.45) is 1.37. The third kappa shape index (κ3) is 3.86. The number of carbonyl (C=O) groups is 4. The van der Waals surface area contributed by atoms with Crippen LogP contribution in [-0.2, 0) is 19.9 Å². The Hall–Kier alpha value is -3.39. The number of urea groups is 1. The van der Waals surface area contributed by atoms with Crippen molar-refractivity contribution in [2.45, 2.75) is 25.3 Å². The van der Waals surface area contributed by atoms with Crippen molar-refractivity contribution in [3.05, 3.63) is 59.1 Å². The first kappa shape index (κ1) is 20.9. The van der Waals surface area contributed by atoms with Gasteiger partial charge in [0.2, 0.25) is 11.8 Å². The SMILES string of the molecule is C[C@@]1(c2ccccc2Cl)NC(=O)N(CC(=O)Nc2ccc(N3CCCC3=O)cc2)C1=O. The van der Waals surface area contributed by atoms with Crippen LogP contribution in [0.1, 0.15) is 25.3 Å². The Morgan fingerprint density at radius 1 is 1.13 bits per heavy atom.